The molecule has 13 heteroatoms. The molecule has 3 heterocycles. The lowest BCUT2D eigenvalue weighted by molar-refractivity contribution is 0.0445. The van der Waals surface area contributed by atoms with Gasteiger partial charge in [-0.05, 0) is 33.3 Å². The van der Waals surface area contributed by atoms with Gasteiger partial charge in [-0.1, -0.05) is 0 Å². The fourth-order valence-electron chi connectivity index (χ4n) is 4.51. The molecule has 0 aliphatic carbocycles. The van der Waals surface area contributed by atoms with Crippen LogP contribution in [0.15, 0.2) is 18.3 Å². The summed E-state index contributed by atoms with van der Waals surface area (Å²) in [5.41, 5.74) is 0.399. The van der Waals surface area contributed by atoms with Crippen molar-refractivity contribution in [3.63, 3.8) is 0 Å². The minimum absolute atomic E-state index is 0.159. The lowest BCUT2D eigenvalue weighted by Gasteiger charge is -2.41. The third kappa shape index (κ3) is 5.62. The molecule has 3 atom stereocenters. The van der Waals surface area contributed by atoms with Gasteiger partial charge in [0.05, 0.1) is 24.0 Å². The van der Waals surface area contributed by atoms with Crippen LogP contribution in [-0.2, 0) is 27.8 Å². The Morgan fingerprint density at radius 3 is 2.57 bits per heavy atom. The monoisotopic (exact) mass is 515 g/mol. The number of amides is 1. The van der Waals surface area contributed by atoms with Gasteiger partial charge in [0.25, 0.3) is 10.0 Å². The fourth-order valence-corrected chi connectivity index (χ4v) is 5.07. The summed E-state index contributed by atoms with van der Waals surface area (Å²) in [6.45, 7) is 6.26. The molecule has 1 amide bonds. The zero-order valence-corrected chi connectivity index (χ0v) is 20.6. The number of aromatic nitrogens is 2. The number of nitrogens with zero attached hydrogens (tertiary/aromatic N) is 3. The van der Waals surface area contributed by atoms with Gasteiger partial charge in [0, 0.05) is 49.1 Å². The van der Waals surface area contributed by atoms with Crippen molar-refractivity contribution < 1.29 is 31.1 Å². The summed E-state index contributed by atoms with van der Waals surface area (Å²) in [6, 6.07) is -0.419. The number of hydrogen-bond donors (Lipinski definition) is 2. The highest BCUT2D eigenvalue weighted by molar-refractivity contribution is 7.89. The number of benzene rings is 1. The number of fused-ring (bicyclic) bond motifs is 1. The smallest absolute Gasteiger partial charge is 0.407 e. The van der Waals surface area contributed by atoms with E-state index in [-0.39, 0.29) is 11.6 Å². The van der Waals surface area contributed by atoms with Gasteiger partial charge in [-0.3, -0.25) is 4.90 Å². The predicted molar refractivity (Wildman–Crippen MR) is 120 cm³/mol. The first kappa shape index (κ1) is 25.5. The number of carbonyl (C=O) groups excluding carboxylic acids is 1. The topological polar surface area (TPSA) is 106 Å². The normalized spacial score (nSPS) is 23.2. The molecule has 192 valence electrons. The summed E-state index contributed by atoms with van der Waals surface area (Å²) >= 11 is 0. The van der Waals surface area contributed by atoms with E-state index < -0.39 is 51.3 Å². The Labute approximate surface area is 201 Å². The van der Waals surface area contributed by atoms with Crippen LogP contribution in [0.4, 0.5) is 18.0 Å². The lowest BCUT2D eigenvalue weighted by Crippen LogP contribution is -2.57. The third-order valence-corrected chi connectivity index (χ3v) is 6.87. The molecule has 1 aromatic carbocycles. The highest BCUT2D eigenvalue weighted by Gasteiger charge is 2.39. The van der Waals surface area contributed by atoms with E-state index in [1.54, 1.807) is 20.8 Å². The molecule has 0 spiro atoms. The van der Waals surface area contributed by atoms with Crippen molar-refractivity contribution in [3.8, 4) is 0 Å². The second kappa shape index (κ2) is 9.10. The number of alkyl carbamates (subject to hydrolysis) is 1. The average Bonchev–Trinajstić information content (AvgIpc) is 3.29. The van der Waals surface area contributed by atoms with E-state index in [9.17, 15) is 26.4 Å². The zero-order chi connectivity index (χ0) is 25.7. The Morgan fingerprint density at radius 2 is 1.94 bits per heavy atom. The predicted octanol–water partition coefficient (Wildman–Crippen LogP) is 2.42. The molecule has 0 radical (unpaired) electrons. The maximum Gasteiger partial charge on any atom is 0.407 e. The molecule has 2 aliphatic rings. The van der Waals surface area contributed by atoms with Crippen LogP contribution < -0.4 is 10.6 Å². The summed E-state index contributed by atoms with van der Waals surface area (Å²) in [6.07, 6.45) is 2.14. The minimum Gasteiger partial charge on any atom is -0.444 e. The number of carbonyl (C=O) groups is 1. The van der Waals surface area contributed by atoms with Crippen LogP contribution in [0.1, 0.15) is 50.1 Å². The maximum atomic E-state index is 14.6. The Hall–Kier alpha value is -2.64. The standard InChI is InChI=1S/C22H28F3N5O4S/c1-22(2,3)34-21(31)27-17-7-14(8-26-20(17)15-5-13(23)6-16(24)19(15)25)29-9-12-10-30(35(4,32)33)28-18(12)11-29/h5-6,10,14,17,20,26H,7-9,11H2,1-4H3,(H,27,31)/t14-,17+,20-/m1/s1. The van der Waals surface area contributed by atoms with Crippen LogP contribution in [0.3, 0.4) is 0 Å². The molecule has 0 saturated carbocycles. The fraction of sp³-hybridized carbons (Fsp3) is 0.545. The molecule has 0 unspecified atom stereocenters. The number of hydrogen-bond acceptors (Lipinski definition) is 7. The molecule has 9 nitrogen and oxygen atoms in total. The van der Waals surface area contributed by atoms with Crippen molar-refractivity contribution in [2.24, 2.45) is 0 Å². The molecular formula is C22H28F3N5O4S. The summed E-state index contributed by atoms with van der Waals surface area (Å²) in [7, 11) is -3.49. The first-order valence-electron chi connectivity index (χ1n) is 11.1. The number of halogens is 3. The largest absolute Gasteiger partial charge is 0.444 e. The van der Waals surface area contributed by atoms with E-state index in [1.165, 1.54) is 6.20 Å². The first-order valence-corrected chi connectivity index (χ1v) is 13.0. The van der Waals surface area contributed by atoms with Gasteiger partial charge < -0.3 is 15.4 Å². The van der Waals surface area contributed by atoms with Crippen molar-refractivity contribution >= 4 is 16.1 Å². The number of piperidine rings is 1. The maximum absolute atomic E-state index is 14.6. The lowest BCUT2D eigenvalue weighted by atomic mass is 9.89. The molecule has 1 aromatic heterocycles. The van der Waals surface area contributed by atoms with Crippen LogP contribution in [0.2, 0.25) is 0 Å². The van der Waals surface area contributed by atoms with Gasteiger partial charge in [0.2, 0.25) is 0 Å². The second-order valence-electron chi connectivity index (χ2n) is 9.96. The van der Waals surface area contributed by atoms with Gasteiger partial charge in [0.15, 0.2) is 11.6 Å². The molecule has 2 N–H and O–H groups in total. The molecule has 1 saturated heterocycles. The minimum atomic E-state index is -3.49. The molecule has 1 fully saturated rings. The highest BCUT2D eigenvalue weighted by atomic mass is 32.2. The van der Waals surface area contributed by atoms with E-state index in [2.05, 4.69) is 20.6 Å². The third-order valence-electron chi connectivity index (χ3n) is 6.00. The van der Waals surface area contributed by atoms with Crippen molar-refractivity contribution in [2.45, 2.75) is 64.0 Å². The van der Waals surface area contributed by atoms with E-state index in [4.69, 9.17) is 4.74 Å². The summed E-state index contributed by atoms with van der Waals surface area (Å²) < 4.78 is 72.3. The average molecular weight is 516 g/mol. The quantitative estimate of drug-likeness (QED) is 0.603. The van der Waals surface area contributed by atoms with Crippen molar-refractivity contribution in [1.82, 2.24) is 24.7 Å². The highest BCUT2D eigenvalue weighted by Crippen LogP contribution is 2.33. The van der Waals surface area contributed by atoms with E-state index in [0.29, 0.717) is 37.8 Å². The Balaban J connectivity index is 1.55. The van der Waals surface area contributed by atoms with Gasteiger partial charge in [0.1, 0.15) is 11.4 Å². The van der Waals surface area contributed by atoms with Crippen LogP contribution in [0.5, 0.6) is 0 Å². The van der Waals surface area contributed by atoms with E-state index in [1.807, 2.05) is 0 Å². The Kier molecular flexibility index (Phi) is 6.62. The van der Waals surface area contributed by atoms with Gasteiger partial charge in [-0.2, -0.15) is 9.19 Å². The van der Waals surface area contributed by atoms with Crippen molar-refractivity contribution in [3.05, 3.63) is 52.6 Å². The Bertz CT molecular complexity index is 1220. The molecule has 2 aliphatic heterocycles. The zero-order valence-electron chi connectivity index (χ0n) is 19.8. The summed E-state index contributed by atoms with van der Waals surface area (Å²) in [5.74, 6) is -3.42. The van der Waals surface area contributed by atoms with Crippen LogP contribution in [-0.4, -0.2) is 59.1 Å². The van der Waals surface area contributed by atoms with Gasteiger partial charge in [-0.25, -0.2) is 26.4 Å². The van der Waals surface area contributed by atoms with Gasteiger partial charge >= 0.3 is 6.09 Å². The summed E-state index contributed by atoms with van der Waals surface area (Å²) in [4.78, 5) is 14.6. The van der Waals surface area contributed by atoms with Crippen LogP contribution >= 0.6 is 0 Å². The molecule has 0 bridgehead atoms. The first-order chi connectivity index (χ1) is 16.2. The number of rotatable bonds is 4. The van der Waals surface area contributed by atoms with Gasteiger partial charge in [-0.15, -0.1) is 0 Å². The number of nitrogens with one attached hydrogen (secondary N) is 2. The van der Waals surface area contributed by atoms with E-state index >= 15 is 0 Å². The van der Waals surface area contributed by atoms with Crippen LogP contribution in [0.25, 0.3) is 0 Å². The SMILES string of the molecule is CC(C)(C)OC(=O)N[C@H]1C[C@@H](N2Cc3cn(S(C)(=O)=O)nc3C2)CN[C@@H]1c1cc(F)cc(F)c1F. The summed E-state index contributed by atoms with van der Waals surface area (Å²) in [5, 5.41) is 10.0. The van der Waals surface area contributed by atoms with Crippen molar-refractivity contribution in [1.29, 1.82) is 0 Å². The van der Waals surface area contributed by atoms with E-state index in [0.717, 1.165) is 22.0 Å². The van der Waals surface area contributed by atoms with Crippen LogP contribution in [0, 0.1) is 17.5 Å². The van der Waals surface area contributed by atoms with Crippen molar-refractivity contribution in [2.75, 3.05) is 12.8 Å². The Morgan fingerprint density at radius 1 is 1.23 bits per heavy atom. The second-order valence-corrected chi connectivity index (χ2v) is 11.8. The molecule has 4 rings (SSSR count). The molecule has 2 aromatic rings. The molecular weight excluding hydrogens is 487 g/mol. The molecule has 35 heavy (non-hydrogen) atoms. The number of ether oxygens (including phenoxy) is 1.